The first-order chi connectivity index (χ1) is 9.28. The second-order valence-corrected chi connectivity index (χ2v) is 6.36. The Morgan fingerprint density at radius 3 is 3.00 bits per heavy atom. The van der Waals surface area contributed by atoms with Gasteiger partial charge in [0, 0.05) is 38.1 Å². The molecule has 2 aliphatic heterocycles. The van der Waals surface area contributed by atoms with Gasteiger partial charge in [-0.25, -0.2) is 0 Å². The standard InChI is InChI=1S/C13H16BrN5/c14-10-5-15-19(6-10)13-8-17(9-13)7-11-4-12-2-1-3-18(12)16-11/h4-6,13H,1-3,7-9H2. The molecule has 2 aromatic rings. The molecule has 4 rings (SSSR count). The van der Waals surface area contributed by atoms with Crippen molar-refractivity contribution in [1.82, 2.24) is 24.5 Å². The van der Waals surface area contributed by atoms with Gasteiger partial charge in [0.25, 0.3) is 0 Å². The molecule has 1 saturated heterocycles. The SMILES string of the molecule is Brc1cnn(C2CN(Cc3cc4n(n3)CCC4)C2)c1. The Balaban J connectivity index is 1.36. The van der Waals surface area contributed by atoms with Crippen LogP contribution in [0.25, 0.3) is 0 Å². The van der Waals surface area contributed by atoms with Crippen LogP contribution in [0.1, 0.15) is 23.9 Å². The Labute approximate surface area is 120 Å². The van der Waals surface area contributed by atoms with Gasteiger partial charge in [-0.2, -0.15) is 10.2 Å². The minimum absolute atomic E-state index is 0.515. The predicted molar refractivity (Wildman–Crippen MR) is 74.8 cm³/mol. The van der Waals surface area contributed by atoms with Gasteiger partial charge < -0.3 is 0 Å². The van der Waals surface area contributed by atoms with E-state index in [9.17, 15) is 0 Å². The van der Waals surface area contributed by atoms with E-state index in [1.807, 2.05) is 17.1 Å². The van der Waals surface area contributed by atoms with Crippen LogP contribution >= 0.6 is 15.9 Å². The van der Waals surface area contributed by atoms with Crippen LogP contribution in [0.2, 0.25) is 0 Å². The minimum Gasteiger partial charge on any atom is -0.293 e. The Bertz CT molecular complexity index is 574. The maximum atomic E-state index is 4.66. The van der Waals surface area contributed by atoms with Crippen molar-refractivity contribution in [2.75, 3.05) is 13.1 Å². The lowest BCUT2D eigenvalue weighted by Crippen LogP contribution is -2.47. The molecular formula is C13H16BrN5. The quantitative estimate of drug-likeness (QED) is 0.866. The minimum atomic E-state index is 0.515. The first-order valence-electron chi connectivity index (χ1n) is 6.75. The lowest BCUT2D eigenvalue weighted by atomic mass is 10.1. The fourth-order valence-corrected chi connectivity index (χ4v) is 3.28. The first kappa shape index (κ1) is 11.7. The number of rotatable bonds is 3. The van der Waals surface area contributed by atoms with Crippen molar-refractivity contribution in [1.29, 1.82) is 0 Å². The number of nitrogens with zero attached hydrogens (tertiary/aromatic N) is 5. The van der Waals surface area contributed by atoms with Crippen molar-refractivity contribution in [3.05, 3.63) is 34.3 Å². The summed E-state index contributed by atoms with van der Waals surface area (Å²) >= 11 is 3.44. The summed E-state index contributed by atoms with van der Waals surface area (Å²) in [6, 6.07) is 2.78. The Hall–Kier alpha value is -1.14. The van der Waals surface area contributed by atoms with Crippen molar-refractivity contribution < 1.29 is 0 Å². The maximum absolute atomic E-state index is 4.66. The number of hydrogen-bond acceptors (Lipinski definition) is 3. The van der Waals surface area contributed by atoms with Gasteiger partial charge in [-0.15, -0.1) is 0 Å². The highest BCUT2D eigenvalue weighted by molar-refractivity contribution is 9.10. The fraction of sp³-hybridized carbons (Fsp3) is 0.538. The summed E-state index contributed by atoms with van der Waals surface area (Å²) in [7, 11) is 0. The highest BCUT2D eigenvalue weighted by Gasteiger charge is 2.29. The molecule has 1 fully saturated rings. The lowest BCUT2D eigenvalue weighted by Gasteiger charge is -2.38. The monoisotopic (exact) mass is 321 g/mol. The van der Waals surface area contributed by atoms with Gasteiger partial charge in [0.1, 0.15) is 0 Å². The van der Waals surface area contributed by atoms with Gasteiger partial charge in [-0.05, 0) is 34.8 Å². The highest BCUT2D eigenvalue weighted by Crippen LogP contribution is 2.24. The van der Waals surface area contributed by atoms with Crippen molar-refractivity contribution >= 4 is 15.9 Å². The molecule has 0 unspecified atom stereocenters. The van der Waals surface area contributed by atoms with Gasteiger partial charge in [0.15, 0.2) is 0 Å². The second kappa shape index (κ2) is 4.45. The van der Waals surface area contributed by atoms with E-state index in [4.69, 9.17) is 0 Å². The zero-order valence-electron chi connectivity index (χ0n) is 10.7. The van der Waals surface area contributed by atoms with Crippen LogP contribution in [0.4, 0.5) is 0 Å². The molecule has 0 aliphatic carbocycles. The van der Waals surface area contributed by atoms with Crippen LogP contribution in [0, 0.1) is 0 Å². The number of fused-ring (bicyclic) bond motifs is 1. The van der Waals surface area contributed by atoms with E-state index in [1.54, 1.807) is 0 Å². The summed E-state index contributed by atoms with van der Waals surface area (Å²) in [4.78, 5) is 2.43. The molecule has 0 N–H and O–H groups in total. The van der Waals surface area contributed by atoms with Crippen LogP contribution in [-0.4, -0.2) is 37.6 Å². The van der Waals surface area contributed by atoms with Crippen LogP contribution in [-0.2, 0) is 19.5 Å². The molecule has 0 bridgehead atoms. The lowest BCUT2D eigenvalue weighted by molar-refractivity contribution is 0.0893. The second-order valence-electron chi connectivity index (χ2n) is 5.44. The number of aryl methyl sites for hydroxylation is 2. The molecule has 0 amide bonds. The van der Waals surface area contributed by atoms with E-state index >= 15 is 0 Å². The molecule has 0 atom stereocenters. The molecule has 2 aromatic heterocycles. The topological polar surface area (TPSA) is 38.9 Å². The third-order valence-corrected chi connectivity index (χ3v) is 4.39. The van der Waals surface area contributed by atoms with Crippen molar-refractivity contribution in [2.24, 2.45) is 0 Å². The summed E-state index contributed by atoms with van der Waals surface area (Å²) in [5.41, 5.74) is 2.62. The van der Waals surface area contributed by atoms with Crippen LogP contribution in [0.15, 0.2) is 22.9 Å². The molecule has 2 aliphatic rings. The van der Waals surface area contributed by atoms with Gasteiger partial charge in [0.2, 0.25) is 0 Å². The van der Waals surface area contributed by atoms with Gasteiger partial charge in [-0.3, -0.25) is 14.3 Å². The third kappa shape index (κ3) is 2.12. The zero-order valence-corrected chi connectivity index (χ0v) is 12.3. The molecule has 0 saturated carbocycles. The van der Waals surface area contributed by atoms with E-state index in [0.29, 0.717) is 6.04 Å². The molecule has 6 heteroatoms. The molecule has 0 spiro atoms. The fourth-order valence-electron chi connectivity index (χ4n) is 2.98. The average molecular weight is 322 g/mol. The van der Waals surface area contributed by atoms with E-state index in [-0.39, 0.29) is 0 Å². The summed E-state index contributed by atoms with van der Waals surface area (Å²) in [5.74, 6) is 0. The largest absolute Gasteiger partial charge is 0.293 e. The van der Waals surface area contributed by atoms with Gasteiger partial charge >= 0.3 is 0 Å². The smallest absolute Gasteiger partial charge is 0.0773 e. The maximum Gasteiger partial charge on any atom is 0.0773 e. The molecule has 19 heavy (non-hydrogen) atoms. The predicted octanol–water partition coefficient (Wildman–Crippen LogP) is 1.85. The van der Waals surface area contributed by atoms with E-state index in [2.05, 4.69) is 41.8 Å². The Morgan fingerprint density at radius 1 is 1.37 bits per heavy atom. The highest BCUT2D eigenvalue weighted by atomic mass is 79.9. The molecule has 5 nitrogen and oxygen atoms in total. The molecule has 4 heterocycles. The zero-order chi connectivity index (χ0) is 12.8. The number of hydrogen-bond donors (Lipinski definition) is 0. The van der Waals surface area contributed by atoms with E-state index in [0.717, 1.165) is 30.7 Å². The average Bonchev–Trinajstić information content (AvgIpc) is 2.97. The van der Waals surface area contributed by atoms with Crippen LogP contribution in [0.5, 0.6) is 0 Å². The number of aromatic nitrogens is 4. The van der Waals surface area contributed by atoms with Gasteiger partial charge in [0.05, 0.1) is 22.4 Å². The van der Waals surface area contributed by atoms with Crippen LogP contribution < -0.4 is 0 Å². The summed E-state index contributed by atoms with van der Waals surface area (Å²) in [6.07, 6.45) is 6.34. The normalized spacial score (nSPS) is 19.6. The van der Waals surface area contributed by atoms with Gasteiger partial charge in [-0.1, -0.05) is 0 Å². The van der Waals surface area contributed by atoms with Crippen LogP contribution in [0.3, 0.4) is 0 Å². The third-order valence-electron chi connectivity index (χ3n) is 3.98. The Kier molecular flexibility index (Phi) is 2.73. The summed E-state index contributed by atoms with van der Waals surface area (Å²) < 4.78 is 5.27. The molecule has 0 aromatic carbocycles. The van der Waals surface area contributed by atoms with Crippen molar-refractivity contribution in [3.8, 4) is 0 Å². The summed E-state index contributed by atoms with van der Waals surface area (Å²) in [5, 5.41) is 9.00. The molecular weight excluding hydrogens is 306 g/mol. The van der Waals surface area contributed by atoms with E-state index < -0.39 is 0 Å². The van der Waals surface area contributed by atoms with Crippen molar-refractivity contribution in [3.63, 3.8) is 0 Å². The first-order valence-corrected chi connectivity index (χ1v) is 7.55. The summed E-state index contributed by atoms with van der Waals surface area (Å²) in [6.45, 7) is 4.20. The number of likely N-dealkylation sites (tertiary alicyclic amines) is 1. The van der Waals surface area contributed by atoms with E-state index in [1.165, 1.54) is 24.2 Å². The number of halogens is 1. The van der Waals surface area contributed by atoms with Crippen molar-refractivity contribution in [2.45, 2.75) is 32.0 Å². The Morgan fingerprint density at radius 2 is 2.26 bits per heavy atom. The molecule has 100 valence electrons. The molecule has 0 radical (unpaired) electrons.